The number of nitrogens with two attached hydrogens (primary N) is 1. The Kier molecular flexibility index (Phi) is 9.26. The van der Waals surface area contributed by atoms with Crippen LogP contribution in [0, 0.1) is 0 Å². The standard InChI is InChI=1S/C10H21N3O/c1-2-3-4-5-6-7-8-9-12-13-10(11)14/h9H,2-8H2,1H3,(H3,11,13,14)/b12-9+. The van der Waals surface area contributed by atoms with Crippen LogP contribution in [0.5, 0.6) is 0 Å². The first kappa shape index (κ1) is 12.9. The zero-order valence-electron chi connectivity index (χ0n) is 8.96. The number of primary amides is 1. The van der Waals surface area contributed by atoms with Crippen LogP contribution in [0.25, 0.3) is 0 Å². The van der Waals surface area contributed by atoms with E-state index in [-0.39, 0.29) is 0 Å². The number of urea groups is 1. The highest BCUT2D eigenvalue weighted by Gasteiger charge is 1.88. The number of amides is 2. The van der Waals surface area contributed by atoms with Crippen molar-refractivity contribution in [2.75, 3.05) is 0 Å². The Morgan fingerprint density at radius 2 is 1.93 bits per heavy atom. The Balaban J connectivity index is 3.05. The lowest BCUT2D eigenvalue weighted by molar-refractivity contribution is 0.249. The highest BCUT2D eigenvalue weighted by Crippen LogP contribution is 2.05. The number of nitrogens with zero attached hydrogens (tertiary/aromatic N) is 1. The summed E-state index contributed by atoms with van der Waals surface area (Å²) in [7, 11) is 0. The number of nitrogens with one attached hydrogen (secondary N) is 1. The van der Waals surface area contributed by atoms with Crippen LogP contribution >= 0.6 is 0 Å². The largest absolute Gasteiger partial charge is 0.350 e. The predicted octanol–water partition coefficient (Wildman–Crippen LogP) is 2.39. The summed E-state index contributed by atoms with van der Waals surface area (Å²) < 4.78 is 0. The molecular formula is C10H21N3O. The van der Waals surface area contributed by atoms with Gasteiger partial charge in [0.15, 0.2) is 0 Å². The van der Waals surface area contributed by atoms with Crippen molar-refractivity contribution in [2.24, 2.45) is 10.8 Å². The summed E-state index contributed by atoms with van der Waals surface area (Å²) in [6.45, 7) is 2.21. The minimum absolute atomic E-state index is 0.607. The van der Waals surface area contributed by atoms with Gasteiger partial charge in [0.1, 0.15) is 0 Å². The van der Waals surface area contributed by atoms with Crippen LogP contribution in [-0.4, -0.2) is 12.2 Å². The molecule has 0 unspecified atom stereocenters. The fourth-order valence-electron chi connectivity index (χ4n) is 1.19. The van der Waals surface area contributed by atoms with Crippen molar-refractivity contribution in [3.8, 4) is 0 Å². The molecule has 0 heterocycles. The molecule has 0 rings (SSSR count). The van der Waals surface area contributed by atoms with Crippen molar-refractivity contribution < 1.29 is 4.79 Å². The Bertz CT molecular complexity index is 169. The van der Waals surface area contributed by atoms with Crippen LogP contribution in [0.15, 0.2) is 5.10 Å². The van der Waals surface area contributed by atoms with E-state index >= 15 is 0 Å². The Morgan fingerprint density at radius 1 is 1.29 bits per heavy atom. The van der Waals surface area contributed by atoms with E-state index in [9.17, 15) is 4.79 Å². The maximum absolute atomic E-state index is 10.2. The van der Waals surface area contributed by atoms with Crippen molar-refractivity contribution in [3.05, 3.63) is 0 Å². The average molecular weight is 199 g/mol. The lowest BCUT2D eigenvalue weighted by atomic mass is 10.1. The Morgan fingerprint density at radius 3 is 2.57 bits per heavy atom. The Labute approximate surface area is 85.9 Å². The summed E-state index contributed by atoms with van der Waals surface area (Å²) in [6, 6.07) is -0.607. The number of carbonyl (C=O) groups is 1. The Hall–Kier alpha value is -1.06. The first-order valence-electron chi connectivity index (χ1n) is 5.34. The van der Waals surface area contributed by atoms with Gasteiger partial charge in [-0.2, -0.15) is 5.10 Å². The third-order valence-electron chi connectivity index (χ3n) is 1.95. The smallest absolute Gasteiger partial charge is 0.332 e. The molecule has 0 aromatic rings. The molecule has 14 heavy (non-hydrogen) atoms. The number of rotatable bonds is 8. The van der Waals surface area contributed by atoms with Gasteiger partial charge in [-0.3, -0.25) is 0 Å². The highest BCUT2D eigenvalue weighted by molar-refractivity contribution is 5.72. The molecule has 0 radical (unpaired) electrons. The van der Waals surface area contributed by atoms with Crippen molar-refractivity contribution >= 4 is 12.2 Å². The van der Waals surface area contributed by atoms with Gasteiger partial charge in [0.25, 0.3) is 0 Å². The molecule has 0 aliphatic rings. The second-order valence-corrected chi connectivity index (χ2v) is 3.34. The molecule has 0 spiro atoms. The van der Waals surface area contributed by atoms with Gasteiger partial charge in [-0.15, -0.1) is 0 Å². The minimum Gasteiger partial charge on any atom is -0.350 e. The summed E-state index contributed by atoms with van der Waals surface area (Å²) in [5.74, 6) is 0. The second kappa shape index (κ2) is 10.0. The van der Waals surface area contributed by atoms with Gasteiger partial charge >= 0.3 is 6.03 Å². The average Bonchev–Trinajstić information content (AvgIpc) is 2.15. The van der Waals surface area contributed by atoms with Crippen molar-refractivity contribution in [1.82, 2.24) is 5.43 Å². The molecule has 4 heteroatoms. The summed E-state index contributed by atoms with van der Waals surface area (Å²) in [4.78, 5) is 10.2. The first-order chi connectivity index (χ1) is 6.77. The zero-order valence-corrected chi connectivity index (χ0v) is 8.96. The minimum atomic E-state index is -0.607. The highest BCUT2D eigenvalue weighted by atomic mass is 16.2. The van der Waals surface area contributed by atoms with Crippen LogP contribution in [0.2, 0.25) is 0 Å². The lowest BCUT2D eigenvalue weighted by Gasteiger charge is -1.97. The molecule has 4 nitrogen and oxygen atoms in total. The van der Waals surface area contributed by atoms with Gasteiger partial charge in [0.05, 0.1) is 0 Å². The van der Waals surface area contributed by atoms with E-state index in [1.165, 1.54) is 32.1 Å². The molecule has 0 aliphatic carbocycles. The van der Waals surface area contributed by atoms with Crippen LogP contribution in [0.3, 0.4) is 0 Å². The summed E-state index contributed by atoms with van der Waals surface area (Å²) in [6.07, 6.45) is 10.2. The molecule has 0 aromatic carbocycles. The molecule has 3 N–H and O–H groups in total. The third-order valence-corrected chi connectivity index (χ3v) is 1.95. The number of unbranched alkanes of at least 4 members (excludes halogenated alkanes) is 6. The van der Waals surface area contributed by atoms with Gasteiger partial charge in [0.2, 0.25) is 0 Å². The topological polar surface area (TPSA) is 67.5 Å². The van der Waals surface area contributed by atoms with Gasteiger partial charge in [0, 0.05) is 6.21 Å². The first-order valence-corrected chi connectivity index (χ1v) is 5.34. The molecule has 82 valence electrons. The quantitative estimate of drug-likeness (QED) is 0.352. The van der Waals surface area contributed by atoms with Gasteiger partial charge in [-0.25, -0.2) is 10.2 Å². The van der Waals surface area contributed by atoms with E-state index in [2.05, 4.69) is 17.5 Å². The molecule has 2 amide bonds. The van der Waals surface area contributed by atoms with Gasteiger partial charge in [-0.1, -0.05) is 39.0 Å². The van der Waals surface area contributed by atoms with E-state index in [0.717, 1.165) is 12.8 Å². The van der Waals surface area contributed by atoms with Crippen LogP contribution in [0.4, 0.5) is 4.79 Å². The number of hydrogen-bond acceptors (Lipinski definition) is 2. The lowest BCUT2D eigenvalue weighted by Crippen LogP contribution is -2.24. The van der Waals surface area contributed by atoms with Crippen molar-refractivity contribution in [3.63, 3.8) is 0 Å². The fourth-order valence-corrected chi connectivity index (χ4v) is 1.19. The second-order valence-electron chi connectivity index (χ2n) is 3.34. The number of hydrogen-bond donors (Lipinski definition) is 2. The summed E-state index contributed by atoms with van der Waals surface area (Å²) in [5.41, 5.74) is 6.99. The van der Waals surface area contributed by atoms with Crippen LogP contribution in [0.1, 0.15) is 51.9 Å². The van der Waals surface area contributed by atoms with Crippen LogP contribution < -0.4 is 11.2 Å². The maximum Gasteiger partial charge on any atom is 0.332 e. The van der Waals surface area contributed by atoms with E-state index in [0.29, 0.717) is 0 Å². The van der Waals surface area contributed by atoms with Crippen molar-refractivity contribution in [1.29, 1.82) is 0 Å². The summed E-state index contributed by atoms with van der Waals surface area (Å²) in [5, 5.41) is 3.66. The molecule has 0 aromatic heterocycles. The van der Waals surface area contributed by atoms with Crippen LogP contribution in [-0.2, 0) is 0 Å². The number of hydrazone groups is 1. The summed E-state index contributed by atoms with van der Waals surface area (Å²) >= 11 is 0. The fraction of sp³-hybridized carbons (Fsp3) is 0.800. The molecule has 0 bridgehead atoms. The monoisotopic (exact) mass is 199 g/mol. The molecule has 0 aliphatic heterocycles. The van der Waals surface area contributed by atoms with E-state index in [4.69, 9.17) is 5.73 Å². The molecule has 0 saturated carbocycles. The predicted molar refractivity (Wildman–Crippen MR) is 59.2 cm³/mol. The zero-order chi connectivity index (χ0) is 10.6. The SMILES string of the molecule is CCCCCCCC/C=N/NC(N)=O. The van der Waals surface area contributed by atoms with E-state index < -0.39 is 6.03 Å². The van der Waals surface area contributed by atoms with Gasteiger partial charge in [-0.05, 0) is 12.8 Å². The normalized spacial score (nSPS) is 10.6. The molecule has 0 saturated heterocycles. The molecular weight excluding hydrogens is 178 g/mol. The molecule has 0 atom stereocenters. The maximum atomic E-state index is 10.2. The number of carbonyl (C=O) groups excluding carboxylic acids is 1. The van der Waals surface area contributed by atoms with Crippen molar-refractivity contribution in [2.45, 2.75) is 51.9 Å². The van der Waals surface area contributed by atoms with Gasteiger partial charge < -0.3 is 5.73 Å². The van der Waals surface area contributed by atoms with E-state index in [1.54, 1.807) is 6.21 Å². The van der Waals surface area contributed by atoms with E-state index in [1.807, 2.05) is 0 Å². The third kappa shape index (κ3) is 10.9. The molecule has 0 fully saturated rings.